The lowest BCUT2D eigenvalue weighted by Crippen LogP contribution is -2.45. The summed E-state index contributed by atoms with van der Waals surface area (Å²) in [7, 11) is 1.28. The minimum atomic E-state index is -1.13. The fourth-order valence-corrected chi connectivity index (χ4v) is 4.27. The van der Waals surface area contributed by atoms with Gasteiger partial charge in [-0.15, -0.1) is 0 Å². The van der Waals surface area contributed by atoms with Crippen LogP contribution in [0.3, 0.4) is 0 Å². The van der Waals surface area contributed by atoms with Gasteiger partial charge >= 0.3 is 12.0 Å². The van der Waals surface area contributed by atoms with Crippen LogP contribution in [0.5, 0.6) is 17.2 Å². The largest absolute Gasteiger partial charge is 0.490 e. The number of allylic oxidation sites excluding steroid dienone is 1. The molecule has 1 heterocycles. The number of aliphatic hydroxyl groups is 1. The number of hydrogen-bond donors (Lipinski definition) is 4. The lowest BCUT2D eigenvalue weighted by atomic mass is 9.95. The van der Waals surface area contributed by atoms with Gasteiger partial charge < -0.3 is 34.7 Å². The molecule has 11 heteroatoms. The highest BCUT2D eigenvalue weighted by Gasteiger charge is 2.32. The number of methoxy groups -OCH3 is 1. The molecule has 220 valence electrons. The first kappa shape index (κ1) is 29.9. The van der Waals surface area contributed by atoms with E-state index in [0.717, 1.165) is 11.1 Å². The van der Waals surface area contributed by atoms with Crippen molar-refractivity contribution in [3.05, 3.63) is 101 Å². The van der Waals surface area contributed by atoms with Gasteiger partial charge in [0.05, 0.1) is 31.5 Å². The molecular weight excluding hydrogens is 540 g/mol. The number of para-hydroxylation sites is 1. The summed E-state index contributed by atoms with van der Waals surface area (Å²) >= 11 is 0. The summed E-state index contributed by atoms with van der Waals surface area (Å²) in [4.78, 5) is 24.6. The Labute approximate surface area is 244 Å². The Kier molecular flexibility index (Phi) is 10.4. The molecule has 0 fully saturated rings. The maximum Gasteiger partial charge on any atom is 0.337 e. The third-order valence-corrected chi connectivity index (χ3v) is 6.26. The molecule has 0 aliphatic carbocycles. The molecule has 0 spiro atoms. The summed E-state index contributed by atoms with van der Waals surface area (Å²) in [5.74, 6) is 0.836. The zero-order valence-electron chi connectivity index (χ0n) is 23.6. The first-order valence-electron chi connectivity index (χ1n) is 13.4. The molecule has 1 aliphatic rings. The normalized spacial score (nSPS) is 15.4. The Morgan fingerprint density at radius 1 is 1.02 bits per heavy atom. The number of benzene rings is 3. The van der Waals surface area contributed by atoms with Crippen LogP contribution in [0.1, 0.15) is 36.6 Å². The van der Waals surface area contributed by atoms with Crippen molar-refractivity contribution in [2.45, 2.75) is 32.7 Å². The minimum Gasteiger partial charge on any atom is -0.490 e. The van der Waals surface area contributed by atoms with Crippen molar-refractivity contribution in [1.29, 1.82) is 0 Å². The van der Waals surface area contributed by atoms with Crippen LogP contribution in [0.25, 0.3) is 0 Å². The number of carbonyl (C=O) groups is 2. The van der Waals surface area contributed by atoms with Crippen LogP contribution < -0.4 is 30.3 Å². The van der Waals surface area contributed by atoms with Crippen LogP contribution >= 0.6 is 0 Å². The second kappa shape index (κ2) is 14.6. The van der Waals surface area contributed by atoms with Gasteiger partial charge in [-0.05, 0) is 49.2 Å². The van der Waals surface area contributed by atoms with Crippen LogP contribution in [-0.4, -0.2) is 49.9 Å². The number of aliphatic hydroxyl groups excluding tert-OH is 1. The lowest BCUT2D eigenvalue weighted by molar-refractivity contribution is -0.136. The van der Waals surface area contributed by atoms with Gasteiger partial charge in [0.1, 0.15) is 19.0 Å². The predicted octanol–water partition coefficient (Wildman–Crippen LogP) is 3.79. The smallest absolute Gasteiger partial charge is 0.337 e. The lowest BCUT2D eigenvalue weighted by Gasteiger charge is -2.28. The van der Waals surface area contributed by atoms with E-state index in [-0.39, 0.29) is 12.2 Å². The number of nitrogens with zero attached hydrogens (tertiary/aromatic N) is 1. The van der Waals surface area contributed by atoms with Crippen LogP contribution in [0.4, 0.5) is 4.79 Å². The second-order valence-electron chi connectivity index (χ2n) is 9.23. The second-order valence-corrected chi connectivity index (χ2v) is 9.23. The van der Waals surface area contributed by atoms with E-state index in [4.69, 9.17) is 18.9 Å². The topological polar surface area (TPSA) is 140 Å². The first-order valence-corrected chi connectivity index (χ1v) is 13.4. The van der Waals surface area contributed by atoms with Crippen molar-refractivity contribution in [2.75, 3.05) is 20.3 Å². The van der Waals surface area contributed by atoms with Gasteiger partial charge in [0.15, 0.2) is 17.7 Å². The number of urea groups is 1. The third kappa shape index (κ3) is 7.79. The average molecular weight is 575 g/mol. The number of hydrazone groups is 1. The van der Waals surface area contributed by atoms with Crippen molar-refractivity contribution in [3.8, 4) is 17.2 Å². The highest BCUT2D eigenvalue weighted by Crippen LogP contribution is 2.35. The van der Waals surface area contributed by atoms with Crippen molar-refractivity contribution in [3.63, 3.8) is 0 Å². The summed E-state index contributed by atoms with van der Waals surface area (Å²) in [6.45, 7) is 4.07. The summed E-state index contributed by atoms with van der Waals surface area (Å²) in [6, 6.07) is 21.1. The van der Waals surface area contributed by atoms with E-state index >= 15 is 0 Å². The summed E-state index contributed by atoms with van der Waals surface area (Å²) < 4.78 is 22.4. The molecule has 0 saturated carbocycles. The molecule has 0 aromatic heterocycles. The fourth-order valence-electron chi connectivity index (χ4n) is 4.27. The van der Waals surface area contributed by atoms with Gasteiger partial charge in [0.2, 0.25) is 0 Å². The van der Waals surface area contributed by atoms with Crippen molar-refractivity contribution in [2.24, 2.45) is 5.10 Å². The molecule has 3 aromatic carbocycles. The van der Waals surface area contributed by atoms with Crippen LogP contribution in [0, 0.1) is 0 Å². The van der Waals surface area contributed by atoms with E-state index in [1.807, 2.05) is 61.5 Å². The summed E-state index contributed by atoms with van der Waals surface area (Å²) in [5, 5.41) is 19.9. The standard InChI is InChI=1S/C31H34N4O7/c1-4-40-26-16-22(29-28(30(37)39-3)20(2)33-31(38)34-29)14-15-25(26)42-19-27(36)35-32-17-23-12-8-9-13-24(23)41-18-21-10-6-5-7-11-21/h5-17,27,29,35-36H,4,18-19H2,1-3H3,(H2,33,34,38)/b32-17+/t27-,29-/m0/s1. The molecule has 0 saturated heterocycles. The molecule has 1 aliphatic heterocycles. The number of amides is 2. The van der Waals surface area contributed by atoms with E-state index in [0.29, 0.717) is 41.7 Å². The zero-order valence-corrected chi connectivity index (χ0v) is 23.6. The van der Waals surface area contributed by atoms with Gasteiger partial charge in [0, 0.05) is 11.3 Å². The Bertz CT molecular complexity index is 1440. The predicted molar refractivity (Wildman–Crippen MR) is 156 cm³/mol. The van der Waals surface area contributed by atoms with Crippen LogP contribution in [-0.2, 0) is 16.1 Å². The van der Waals surface area contributed by atoms with Gasteiger partial charge in [-0.25, -0.2) is 9.59 Å². The minimum absolute atomic E-state index is 0.139. The van der Waals surface area contributed by atoms with Crippen molar-refractivity contribution >= 4 is 18.2 Å². The number of esters is 1. The van der Waals surface area contributed by atoms with E-state index in [1.165, 1.54) is 7.11 Å². The number of rotatable bonds is 13. The van der Waals surface area contributed by atoms with Crippen LogP contribution in [0.2, 0.25) is 0 Å². The Hall–Kier alpha value is -5.03. The average Bonchev–Trinajstić information content (AvgIpc) is 3.00. The SMILES string of the molecule is CCOc1cc([C@@H]2NC(=O)NC(C)=C2C(=O)OC)ccc1OC[C@H](O)N/N=C/c1ccccc1OCc1ccccc1. The summed E-state index contributed by atoms with van der Waals surface area (Å²) in [5.41, 5.74) is 5.70. The zero-order chi connectivity index (χ0) is 29.9. The number of carbonyl (C=O) groups excluding carboxylic acids is 2. The number of nitrogens with one attached hydrogen (secondary N) is 3. The van der Waals surface area contributed by atoms with E-state index in [9.17, 15) is 14.7 Å². The van der Waals surface area contributed by atoms with E-state index in [2.05, 4.69) is 21.2 Å². The highest BCUT2D eigenvalue weighted by molar-refractivity contribution is 5.95. The molecule has 11 nitrogen and oxygen atoms in total. The number of hydrogen-bond acceptors (Lipinski definition) is 9. The number of ether oxygens (including phenoxy) is 4. The molecule has 2 amide bonds. The van der Waals surface area contributed by atoms with E-state index < -0.39 is 24.3 Å². The first-order chi connectivity index (χ1) is 20.4. The van der Waals surface area contributed by atoms with Crippen molar-refractivity contribution < 1.29 is 33.6 Å². The summed E-state index contributed by atoms with van der Waals surface area (Å²) in [6.07, 6.45) is 0.430. The third-order valence-electron chi connectivity index (χ3n) is 6.26. The van der Waals surface area contributed by atoms with Gasteiger partial charge in [0.25, 0.3) is 0 Å². The maximum absolute atomic E-state index is 12.4. The fraction of sp³-hybridized carbons (Fsp3) is 0.258. The molecule has 3 aromatic rings. The van der Waals surface area contributed by atoms with Gasteiger partial charge in [-0.3, -0.25) is 5.43 Å². The molecule has 0 unspecified atom stereocenters. The molecule has 4 rings (SSSR count). The molecule has 2 atom stereocenters. The Balaban J connectivity index is 1.39. The molecular formula is C31H34N4O7. The quantitative estimate of drug-likeness (QED) is 0.105. The maximum atomic E-state index is 12.4. The Morgan fingerprint density at radius 3 is 2.55 bits per heavy atom. The highest BCUT2D eigenvalue weighted by atomic mass is 16.5. The molecule has 0 bridgehead atoms. The monoisotopic (exact) mass is 574 g/mol. The molecule has 42 heavy (non-hydrogen) atoms. The van der Waals surface area contributed by atoms with Gasteiger partial charge in [-0.2, -0.15) is 5.10 Å². The van der Waals surface area contributed by atoms with Crippen molar-refractivity contribution in [1.82, 2.24) is 16.1 Å². The van der Waals surface area contributed by atoms with E-state index in [1.54, 1.807) is 31.3 Å². The Morgan fingerprint density at radius 2 is 1.79 bits per heavy atom. The van der Waals surface area contributed by atoms with Gasteiger partial charge in [-0.1, -0.05) is 48.5 Å². The molecule has 4 N–H and O–H groups in total. The van der Waals surface area contributed by atoms with Crippen LogP contribution in [0.15, 0.2) is 89.2 Å². The molecule has 0 radical (unpaired) electrons.